The molecule has 1 fully saturated rings. The van der Waals surface area contributed by atoms with Gasteiger partial charge in [-0.05, 0) is 12.5 Å². The van der Waals surface area contributed by atoms with Gasteiger partial charge < -0.3 is 10.6 Å². The van der Waals surface area contributed by atoms with Crippen LogP contribution < -0.4 is 16.0 Å². The minimum absolute atomic E-state index is 0.165. The molecule has 1 aliphatic rings. The van der Waals surface area contributed by atoms with Crippen LogP contribution in [0.2, 0.25) is 0 Å². The number of hydrogen-bond acceptors (Lipinski definition) is 7. The van der Waals surface area contributed by atoms with E-state index in [0.717, 1.165) is 10.7 Å². The largest absolute Gasteiger partial charge is 0.356 e. The number of nitrogens with one attached hydrogen (secondary N) is 3. The standard InChI is InChI=1S/C15H16N6O3S/c22-11(3-2-10-13(23)21-15(24)20-10)16-7-4-9-8-25-14(19-9)12-17-5-1-6-18-12/h1,5-6,8,10H,2-4,7H2,(H,16,22)(H2,20,21,23,24)/t10-/m0/s1. The van der Waals surface area contributed by atoms with E-state index in [1.807, 2.05) is 5.38 Å². The molecule has 0 unspecified atom stereocenters. The van der Waals surface area contributed by atoms with E-state index in [0.29, 0.717) is 18.8 Å². The van der Waals surface area contributed by atoms with Gasteiger partial charge in [0.05, 0.1) is 5.69 Å². The summed E-state index contributed by atoms with van der Waals surface area (Å²) in [6, 6.07) is 0.594. The Balaban J connectivity index is 1.39. The van der Waals surface area contributed by atoms with E-state index >= 15 is 0 Å². The van der Waals surface area contributed by atoms with Gasteiger partial charge in [-0.15, -0.1) is 11.3 Å². The maximum Gasteiger partial charge on any atom is 0.322 e. The number of amides is 4. The summed E-state index contributed by atoms with van der Waals surface area (Å²) in [6.07, 6.45) is 4.36. The van der Waals surface area contributed by atoms with Gasteiger partial charge in [0.15, 0.2) is 10.8 Å². The molecule has 0 radical (unpaired) electrons. The molecule has 0 bridgehead atoms. The van der Waals surface area contributed by atoms with Crippen LogP contribution >= 0.6 is 11.3 Å². The SMILES string of the molecule is O=C(CC[C@@H]1NC(=O)NC1=O)NCCc1csc(-c2ncccn2)n1. The molecule has 0 saturated carbocycles. The van der Waals surface area contributed by atoms with Gasteiger partial charge in [-0.25, -0.2) is 19.7 Å². The predicted octanol–water partition coefficient (Wildman–Crippen LogP) is 0.247. The van der Waals surface area contributed by atoms with Crippen LogP contribution in [0.3, 0.4) is 0 Å². The highest BCUT2D eigenvalue weighted by Crippen LogP contribution is 2.19. The van der Waals surface area contributed by atoms with Crippen molar-refractivity contribution in [3.05, 3.63) is 29.5 Å². The molecule has 0 spiro atoms. The molecule has 0 aromatic carbocycles. The molecule has 9 nitrogen and oxygen atoms in total. The van der Waals surface area contributed by atoms with E-state index < -0.39 is 18.0 Å². The van der Waals surface area contributed by atoms with Crippen LogP contribution in [0.25, 0.3) is 10.8 Å². The van der Waals surface area contributed by atoms with Crippen molar-refractivity contribution in [2.24, 2.45) is 0 Å². The Labute approximate surface area is 147 Å². The normalized spacial score (nSPS) is 16.4. The maximum absolute atomic E-state index is 11.8. The number of aromatic nitrogens is 3. The quantitative estimate of drug-likeness (QED) is 0.608. The molecule has 3 N–H and O–H groups in total. The summed E-state index contributed by atoms with van der Waals surface area (Å²) < 4.78 is 0. The van der Waals surface area contributed by atoms with E-state index in [4.69, 9.17) is 0 Å². The second-order valence-electron chi connectivity index (χ2n) is 5.37. The van der Waals surface area contributed by atoms with Gasteiger partial charge in [-0.2, -0.15) is 0 Å². The van der Waals surface area contributed by atoms with E-state index in [9.17, 15) is 14.4 Å². The summed E-state index contributed by atoms with van der Waals surface area (Å²) in [5, 5.41) is 10.0. The number of hydrogen-bond donors (Lipinski definition) is 3. The van der Waals surface area contributed by atoms with Crippen LogP contribution in [0.4, 0.5) is 4.79 Å². The third kappa shape index (κ3) is 4.57. The molecule has 25 heavy (non-hydrogen) atoms. The van der Waals surface area contributed by atoms with Gasteiger partial charge in [0, 0.05) is 37.2 Å². The minimum atomic E-state index is -0.634. The number of urea groups is 1. The van der Waals surface area contributed by atoms with Gasteiger partial charge in [-0.1, -0.05) is 0 Å². The molecular weight excluding hydrogens is 344 g/mol. The Kier molecular flexibility index (Phi) is 5.29. The molecule has 2 aromatic rings. The lowest BCUT2D eigenvalue weighted by Gasteiger charge is -2.07. The average Bonchev–Trinajstić information content (AvgIpc) is 3.20. The summed E-state index contributed by atoms with van der Waals surface area (Å²) >= 11 is 1.46. The average molecular weight is 360 g/mol. The molecular formula is C15H16N6O3S. The Hall–Kier alpha value is -2.88. The zero-order valence-corrected chi connectivity index (χ0v) is 14.0. The second kappa shape index (κ2) is 7.79. The summed E-state index contributed by atoms with van der Waals surface area (Å²) in [6.45, 7) is 0.445. The molecule has 1 saturated heterocycles. The van der Waals surface area contributed by atoms with Gasteiger partial charge in [0.1, 0.15) is 6.04 Å². The number of carbonyl (C=O) groups is 3. The molecule has 4 amide bonds. The summed E-state index contributed by atoms with van der Waals surface area (Å²) in [4.78, 5) is 46.9. The van der Waals surface area contributed by atoms with Crippen LogP contribution in [0.15, 0.2) is 23.8 Å². The smallest absolute Gasteiger partial charge is 0.322 e. The first-order valence-corrected chi connectivity index (χ1v) is 8.59. The van der Waals surface area contributed by atoms with Crippen LogP contribution in [0.5, 0.6) is 0 Å². The summed E-state index contributed by atoms with van der Waals surface area (Å²) in [5.41, 5.74) is 0.857. The topological polar surface area (TPSA) is 126 Å². The Morgan fingerprint density at radius 3 is 2.80 bits per heavy atom. The van der Waals surface area contributed by atoms with Crippen molar-refractivity contribution in [1.29, 1.82) is 0 Å². The summed E-state index contributed by atoms with van der Waals surface area (Å²) in [5.74, 6) is 0.0198. The molecule has 10 heteroatoms. The monoisotopic (exact) mass is 360 g/mol. The van der Waals surface area contributed by atoms with E-state index in [1.54, 1.807) is 18.5 Å². The zero-order chi connectivity index (χ0) is 17.6. The number of rotatable bonds is 7. The van der Waals surface area contributed by atoms with Gasteiger partial charge in [-0.3, -0.25) is 14.9 Å². The van der Waals surface area contributed by atoms with Crippen molar-refractivity contribution >= 4 is 29.2 Å². The zero-order valence-electron chi connectivity index (χ0n) is 13.2. The summed E-state index contributed by atoms with van der Waals surface area (Å²) in [7, 11) is 0. The lowest BCUT2D eigenvalue weighted by atomic mass is 10.1. The molecule has 1 atom stereocenters. The number of imide groups is 1. The molecule has 2 aromatic heterocycles. The first-order chi connectivity index (χ1) is 12.1. The van der Waals surface area contributed by atoms with Crippen LogP contribution in [-0.2, 0) is 16.0 Å². The first kappa shape index (κ1) is 17.0. The number of nitrogens with zero attached hydrogens (tertiary/aromatic N) is 3. The van der Waals surface area contributed by atoms with E-state index in [2.05, 4.69) is 30.9 Å². The van der Waals surface area contributed by atoms with Gasteiger partial charge in [0.25, 0.3) is 5.91 Å². The van der Waals surface area contributed by atoms with Crippen molar-refractivity contribution < 1.29 is 14.4 Å². The maximum atomic E-state index is 11.8. The van der Waals surface area contributed by atoms with Crippen LogP contribution in [0.1, 0.15) is 18.5 Å². The highest BCUT2D eigenvalue weighted by Gasteiger charge is 2.29. The van der Waals surface area contributed by atoms with Crippen LogP contribution in [-0.4, -0.2) is 45.4 Å². The third-order valence-electron chi connectivity index (χ3n) is 3.53. The molecule has 3 rings (SSSR count). The predicted molar refractivity (Wildman–Crippen MR) is 89.6 cm³/mol. The highest BCUT2D eigenvalue weighted by atomic mass is 32.1. The van der Waals surface area contributed by atoms with Gasteiger partial charge in [0.2, 0.25) is 5.91 Å². The molecule has 130 valence electrons. The highest BCUT2D eigenvalue weighted by molar-refractivity contribution is 7.13. The van der Waals surface area contributed by atoms with E-state index in [1.165, 1.54) is 11.3 Å². The van der Waals surface area contributed by atoms with Crippen LogP contribution in [0, 0.1) is 0 Å². The van der Waals surface area contributed by atoms with Crippen molar-refractivity contribution in [2.45, 2.75) is 25.3 Å². The number of thiazole rings is 1. The Morgan fingerprint density at radius 2 is 2.08 bits per heavy atom. The molecule has 3 heterocycles. The molecule has 1 aliphatic heterocycles. The third-order valence-corrected chi connectivity index (χ3v) is 4.42. The Morgan fingerprint density at radius 1 is 1.28 bits per heavy atom. The fourth-order valence-corrected chi connectivity index (χ4v) is 3.09. The lowest BCUT2D eigenvalue weighted by Crippen LogP contribution is -2.32. The Bertz CT molecular complexity index is 779. The fourth-order valence-electron chi connectivity index (χ4n) is 2.29. The van der Waals surface area contributed by atoms with Gasteiger partial charge >= 0.3 is 6.03 Å². The first-order valence-electron chi connectivity index (χ1n) is 7.71. The minimum Gasteiger partial charge on any atom is -0.356 e. The fraction of sp³-hybridized carbons (Fsp3) is 0.333. The van der Waals surface area contributed by atoms with Crippen molar-refractivity contribution in [3.63, 3.8) is 0 Å². The van der Waals surface area contributed by atoms with Crippen molar-refractivity contribution in [2.75, 3.05) is 6.54 Å². The molecule has 0 aliphatic carbocycles. The van der Waals surface area contributed by atoms with Crippen molar-refractivity contribution in [1.82, 2.24) is 30.9 Å². The second-order valence-corrected chi connectivity index (χ2v) is 6.23. The van der Waals surface area contributed by atoms with Crippen molar-refractivity contribution in [3.8, 4) is 10.8 Å². The number of carbonyl (C=O) groups excluding carboxylic acids is 3. The van der Waals surface area contributed by atoms with E-state index in [-0.39, 0.29) is 18.7 Å². The lowest BCUT2D eigenvalue weighted by molar-refractivity contribution is -0.122.